The van der Waals surface area contributed by atoms with Crippen molar-refractivity contribution in [2.75, 3.05) is 19.6 Å². The highest BCUT2D eigenvalue weighted by Crippen LogP contribution is 2.10. The average Bonchev–Trinajstić information content (AvgIpc) is 2.73. The first-order chi connectivity index (χ1) is 7.25. The number of hydrogen-bond acceptors (Lipinski definition) is 2. The van der Waals surface area contributed by atoms with E-state index in [2.05, 4.69) is 9.88 Å². The third kappa shape index (κ3) is 2.75. The Bertz CT molecular complexity index is 332. The van der Waals surface area contributed by atoms with Crippen molar-refractivity contribution in [1.82, 2.24) is 9.88 Å². The fourth-order valence-corrected chi connectivity index (χ4v) is 1.95. The van der Waals surface area contributed by atoms with Crippen LogP contribution in [0.3, 0.4) is 0 Å². The summed E-state index contributed by atoms with van der Waals surface area (Å²) in [5.74, 6) is -0.138. The molecule has 0 N–H and O–H groups in total. The maximum Gasteiger partial charge on any atom is 0.129 e. The van der Waals surface area contributed by atoms with Crippen LogP contribution in [0.15, 0.2) is 12.3 Å². The van der Waals surface area contributed by atoms with Gasteiger partial charge in [-0.2, -0.15) is 0 Å². The second-order valence-corrected chi connectivity index (χ2v) is 4.22. The van der Waals surface area contributed by atoms with E-state index in [-0.39, 0.29) is 5.82 Å². The summed E-state index contributed by atoms with van der Waals surface area (Å²) in [5, 5.41) is 0. The molecule has 1 saturated heterocycles. The molecule has 0 unspecified atom stereocenters. The number of likely N-dealkylation sites (tertiary alicyclic amines) is 1. The Labute approximate surface area is 90.1 Å². The largest absolute Gasteiger partial charge is 0.303 e. The minimum atomic E-state index is -0.138. The van der Waals surface area contributed by atoms with E-state index < -0.39 is 0 Å². The Morgan fingerprint density at radius 3 is 2.80 bits per heavy atom. The van der Waals surface area contributed by atoms with Crippen LogP contribution < -0.4 is 0 Å². The monoisotopic (exact) mass is 208 g/mol. The van der Waals surface area contributed by atoms with Crippen LogP contribution in [0.2, 0.25) is 0 Å². The van der Waals surface area contributed by atoms with E-state index in [1.165, 1.54) is 25.9 Å². The van der Waals surface area contributed by atoms with Crippen molar-refractivity contribution in [3.63, 3.8) is 0 Å². The summed E-state index contributed by atoms with van der Waals surface area (Å²) in [7, 11) is 0. The van der Waals surface area contributed by atoms with Crippen LogP contribution >= 0.6 is 0 Å². The first kappa shape index (κ1) is 10.6. The molecule has 1 aromatic rings. The molecule has 3 heteroatoms. The molecule has 0 aromatic carbocycles. The molecule has 15 heavy (non-hydrogen) atoms. The molecule has 0 aliphatic carbocycles. The Hall–Kier alpha value is -0.960. The van der Waals surface area contributed by atoms with Crippen molar-refractivity contribution in [3.8, 4) is 0 Å². The Balaban J connectivity index is 1.90. The summed E-state index contributed by atoms with van der Waals surface area (Å²) in [6.45, 7) is 5.13. The highest BCUT2D eigenvalue weighted by atomic mass is 19.1. The van der Waals surface area contributed by atoms with E-state index in [1.807, 2.05) is 0 Å². The molecule has 0 atom stereocenters. The van der Waals surface area contributed by atoms with Gasteiger partial charge in [0, 0.05) is 30.4 Å². The topological polar surface area (TPSA) is 16.1 Å². The van der Waals surface area contributed by atoms with Crippen LogP contribution in [0.25, 0.3) is 0 Å². The predicted molar refractivity (Wildman–Crippen MR) is 58.3 cm³/mol. The van der Waals surface area contributed by atoms with Gasteiger partial charge in [0.25, 0.3) is 0 Å². The summed E-state index contributed by atoms with van der Waals surface area (Å²) in [4.78, 5) is 6.65. The van der Waals surface area contributed by atoms with Crippen molar-refractivity contribution in [3.05, 3.63) is 29.3 Å². The number of hydrogen-bond donors (Lipinski definition) is 0. The third-order valence-corrected chi connectivity index (χ3v) is 2.98. The molecule has 1 aromatic heterocycles. The fraction of sp³-hybridized carbons (Fsp3) is 0.583. The van der Waals surface area contributed by atoms with E-state index in [4.69, 9.17) is 0 Å². The van der Waals surface area contributed by atoms with Crippen molar-refractivity contribution in [2.24, 2.45) is 0 Å². The summed E-state index contributed by atoms with van der Waals surface area (Å²) < 4.78 is 13.2. The molecule has 1 aliphatic rings. The molecule has 0 amide bonds. The highest BCUT2D eigenvalue weighted by molar-refractivity contribution is 5.15. The smallest absolute Gasteiger partial charge is 0.129 e. The van der Waals surface area contributed by atoms with Gasteiger partial charge in [-0.3, -0.25) is 4.98 Å². The molecule has 82 valence electrons. The lowest BCUT2D eigenvalue weighted by Gasteiger charge is -2.13. The molecule has 2 heterocycles. The van der Waals surface area contributed by atoms with Crippen molar-refractivity contribution in [2.45, 2.75) is 26.2 Å². The molecule has 2 nitrogen and oxygen atoms in total. The van der Waals surface area contributed by atoms with Gasteiger partial charge < -0.3 is 4.90 Å². The number of aromatic nitrogens is 1. The molecule has 0 bridgehead atoms. The van der Waals surface area contributed by atoms with E-state index in [0.29, 0.717) is 5.56 Å². The average molecular weight is 208 g/mol. The molecule has 1 fully saturated rings. The molecule has 0 saturated carbocycles. The molecular weight excluding hydrogens is 191 g/mol. The minimum Gasteiger partial charge on any atom is -0.303 e. The van der Waals surface area contributed by atoms with E-state index >= 15 is 0 Å². The van der Waals surface area contributed by atoms with Gasteiger partial charge in [0.15, 0.2) is 0 Å². The van der Waals surface area contributed by atoms with Crippen molar-refractivity contribution < 1.29 is 4.39 Å². The number of rotatable bonds is 3. The standard InChI is InChI=1S/C12H17FN2/c1-10-9-14-11(8-12(10)13)4-7-15-5-2-3-6-15/h8-9H,2-7H2,1H3. The summed E-state index contributed by atoms with van der Waals surface area (Å²) >= 11 is 0. The zero-order valence-electron chi connectivity index (χ0n) is 9.17. The van der Waals surface area contributed by atoms with Crippen LogP contribution in [0, 0.1) is 12.7 Å². The van der Waals surface area contributed by atoms with Crippen LogP contribution in [0.5, 0.6) is 0 Å². The quantitative estimate of drug-likeness (QED) is 0.756. The zero-order valence-corrected chi connectivity index (χ0v) is 9.17. The minimum absolute atomic E-state index is 0.138. The molecule has 0 spiro atoms. The predicted octanol–water partition coefficient (Wildman–Crippen LogP) is 2.17. The lowest BCUT2D eigenvalue weighted by atomic mass is 10.2. The second-order valence-electron chi connectivity index (χ2n) is 4.22. The lowest BCUT2D eigenvalue weighted by Crippen LogP contribution is -2.22. The summed E-state index contributed by atoms with van der Waals surface area (Å²) in [6.07, 6.45) is 5.08. The van der Waals surface area contributed by atoms with Gasteiger partial charge >= 0.3 is 0 Å². The van der Waals surface area contributed by atoms with Gasteiger partial charge in [0.1, 0.15) is 5.82 Å². The Morgan fingerprint density at radius 2 is 2.13 bits per heavy atom. The van der Waals surface area contributed by atoms with Gasteiger partial charge in [-0.1, -0.05) is 0 Å². The number of aryl methyl sites for hydroxylation is 1. The van der Waals surface area contributed by atoms with Crippen molar-refractivity contribution in [1.29, 1.82) is 0 Å². The normalized spacial score (nSPS) is 17.2. The van der Waals surface area contributed by atoms with Gasteiger partial charge in [0.2, 0.25) is 0 Å². The van der Waals surface area contributed by atoms with E-state index in [0.717, 1.165) is 18.7 Å². The van der Waals surface area contributed by atoms with E-state index in [1.54, 1.807) is 19.2 Å². The maximum absolute atomic E-state index is 13.2. The number of halogens is 1. The van der Waals surface area contributed by atoms with Crippen LogP contribution in [-0.4, -0.2) is 29.5 Å². The Kier molecular flexibility index (Phi) is 3.31. The van der Waals surface area contributed by atoms with Crippen LogP contribution in [0.1, 0.15) is 24.1 Å². The van der Waals surface area contributed by atoms with Gasteiger partial charge in [-0.05, 0) is 38.9 Å². The number of pyridine rings is 1. The first-order valence-corrected chi connectivity index (χ1v) is 5.59. The molecular formula is C12H17FN2. The molecule has 0 radical (unpaired) electrons. The fourth-order valence-electron chi connectivity index (χ4n) is 1.95. The third-order valence-electron chi connectivity index (χ3n) is 2.98. The maximum atomic E-state index is 13.2. The van der Waals surface area contributed by atoms with E-state index in [9.17, 15) is 4.39 Å². The summed E-state index contributed by atoms with van der Waals surface area (Å²) in [5.41, 5.74) is 1.49. The summed E-state index contributed by atoms with van der Waals surface area (Å²) in [6, 6.07) is 1.56. The van der Waals surface area contributed by atoms with Crippen molar-refractivity contribution >= 4 is 0 Å². The molecule has 2 rings (SSSR count). The van der Waals surface area contributed by atoms with Gasteiger partial charge in [-0.25, -0.2) is 4.39 Å². The highest BCUT2D eigenvalue weighted by Gasteiger charge is 2.11. The SMILES string of the molecule is Cc1cnc(CCN2CCCC2)cc1F. The van der Waals surface area contributed by atoms with Crippen LogP contribution in [-0.2, 0) is 6.42 Å². The number of nitrogens with zero attached hydrogens (tertiary/aromatic N) is 2. The van der Waals surface area contributed by atoms with Gasteiger partial charge in [-0.15, -0.1) is 0 Å². The van der Waals surface area contributed by atoms with Crippen LogP contribution in [0.4, 0.5) is 4.39 Å². The first-order valence-electron chi connectivity index (χ1n) is 5.59. The zero-order chi connectivity index (χ0) is 10.7. The second kappa shape index (κ2) is 4.71. The molecule has 1 aliphatic heterocycles. The lowest BCUT2D eigenvalue weighted by molar-refractivity contribution is 0.342. The Morgan fingerprint density at radius 1 is 1.40 bits per heavy atom. The van der Waals surface area contributed by atoms with Gasteiger partial charge in [0.05, 0.1) is 0 Å².